The number of aryl methyl sites for hydroxylation is 2. The number of methoxy groups -OCH3 is 1. The predicted molar refractivity (Wildman–Crippen MR) is 154 cm³/mol. The van der Waals surface area contributed by atoms with Crippen molar-refractivity contribution in [2.75, 3.05) is 23.9 Å². The van der Waals surface area contributed by atoms with E-state index in [0.717, 1.165) is 29.5 Å². The van der Waals surface area contributed by atoms with E-state index in [1.165, 1.54) is 4.90 Å². The van der Waals surface area contributed by atoms with Crippen molar-refractivity contribution in [1.29, 1.82) is 0 Å². The molecule has 0 aliphatic carbocycles. The second-order valence-corrected chi connectivity index (χ2v) is 10.3. The van der Waals surface area contributed by atoms with Gasteiger partial charge in [-0.25, -0.2) is 9.69 Å². The van der Waals surface area contributed by atoms with Crippen molar-refractivity contribution >= 4 is 28.9 Å². The van der Waals surface area contributed by atoms with Crippen molar-refractivity contribution in [2.45, 2.75) is 80.3 Å². The van der Waals surface area contributed by atoms with E-state index in [4.69, 9.17) is 9.47 Å². The number of nitrogens with zero attached hydrogens (tertiary/aromatic N) is 4. The summed E-state index contributed by atoms with van der Waals surface area (Å²) in [4.78, 5) is 43.2. The summed E-state index contributed by atoms with van der Waals surface area (Å²) in [6, 6.07) is 5.18. The molecule has 1 aliphatic rings. The van der Waals surface area contributed by atoms with Gasteiger partial charge in [-0.3, -0.25) is 4.79 Å². The number of carbonyl (C=O) groups excluding carboxylic acids is 1. The largest absolute Gasteiger partial charge is 0.496 e. The maximum Gasteiger partial charge on any atom is 0.417 e. The van der Waals surface area contributed by atoms with Crippen LogP contribution in [0.4, 0.5) is 16.7 Å². The molecule has 2 aromatic heterocycles. The number of fused-ring (bicyclic) bond motifs is 1. The number of aromatic nitrogens is 4. The van der Waals surface area contributed by atoms with Gasteiger partial charge in [0.05, 0.1) is 24.7 Å². The number of rotatable bonds is 7. The van der Waals surface area contributed by atoms with Crippen molar-refractivity contribution in [3.8, 4) is 5.75 Å². The van der Waals surface area contributed by atoms with Crippen molar-refractivity contribution in [2.24, 2.45) is 5.41 Å². The van der Waals surface area contributed by atoms with Crippen LogP contribution in [0.2, 0.25) is 0 Å². The predicted octanol–water partition coefficient (Wildman–Crippen LogP) is 6.05. The lowest BCUT2D eigenvalue weighted by molar-refractivity contribution is 0.172. The first-order valence-corrected chi connectivity index (χ1v) is 13.2. The molecule has 1 aromatic carbocycles. The fourth-order valence-electron chi connectivity index (χ4n) is 4.47. The Balaban J connectivity index is 0.00000196. The summed E-state index contributed by atoms with van der Waals surface area (Å²) in [5, 5.41) is 4.13. The summed E-state index contributed by atoms with van der Waals surface area (Å²) in [7, 11) is 1.63. The van der Waals surface area contributed by atoms with Crippen molar-refractivity contribution in [3.63, 3.8) is 0 Å². The molecule has 0 bridgehead atoms. The quantitative estimate of drug-likeness (QED) is 0.380. The zero-order valence-corrected chi connectivity index (χ0v) is 23.9. The number of amides is 1. The lowest BCUT2D eigenvalue weighted by Crippen LogP contribution is -2.43. The van der Waals surface area contributed by atoms with Gasteiger partial charge in [-0.2, -0.15) is 15.0 Å². The summed E-state index contributed by atoms with van der Waals surface area (Å²) in [5.41, 5.74) is 1.91. The van der Waals surface area contributed by atoms with Crippen LogP contribution in [0.5, 0.6) is 5.75 Å². The minimum Gasteiger partial charge on any atom is -0.496 e. The first kappa shape index (κ1) is 28.9. The van der Waals surface area contributed by atoms with Gasteiger partial charge in [0, 0.05) is 14.5 Å². The van der Waals surface area contributed by atoms with Crippen LogP contribution >= 0.6 is 0 Å². The van der Waals surface area contributed by atoms with E-state index in [1.54, 1.807) is 14.0 Å². The number of anilines is 2. The molecule has 10 nitrogen and oxygen atoms in total. The van der Waals surface area contributed by atoms with Crippen LogP contribution in [0, 0.1) is 12.3 Å². The van der Waals surface area contributed by atoms with Gasteiger partial charge in [0.25, 0.3) is 5.56 Å². The number of nitrogens with one attached hydrogen (secondary N) is 2. The summed E-state index contributed by atoms with van der Waals surface area (Å²) < 4.78 is 10.8. The topological polar surface area (TPSA) is 122 Å². The molecule has 1 amide bonds. The number of carbonyl (C=O) groups is 1. The van der Waals surface area contributed by atoms with Crippen LogP contribution < -0.4 is 20.5 Å². The van der Waals surface area contributed by atoms with Gasteiger partial charge in [-0.15, -0.1) is 0 Å². The molecular weight excluding hydrogens is 484 g/mol. The van der Waals surface area contributed by atoms with Crippen LogP contribution in [0.15, 0.2) is 23.0 Å². The number of aromatic amines is 1. The van der Waals surface area contributed by atoms with Gasteiger partial charge < -0.3 is 19.8 Å². The average Bonchev–Trinajstić information content (AvgIpc) is 3.26. The summed E-state index contributed by atoms with van der Waals surface area (Å²) in [5.74, 6) is 1.72. The minimum absolute atomic E-state index is 0. The Morgan fingerprint density at radius 2 is 1.92 bits per heavy atom. The third kappa shape index (κ3) is 6.06. The second kappa shape index (κ2) is 11.8. The Labute approximate surface area is 227 Å². The Morgan fingerprint density at radius 3 is 2.55 bits per heavy atom. The van der Waals surface area contributed by atoms with E-state index >= 15 is 0 Å². The van der Waals surface area contributed by atoms with Crippen molar-refractivity contribution in [1.82, 2.24) is 19.9 Å². The molecule has 3 aromatic rings. The molecule has 10 heteroatoms. The summed E-state index contributed by atoms with van der Waals surface area (Å²) in [6.07, 6.45) is 1.38. The fraction of sp³-hybridized carbons (Fsp3) is 0.536. The SMILES string of the molecule is CC.CCCc1cc2cc([C@H](C)Nc3nc(C)nc(N4C(=O)OC[C@@H]4C(C)(C)C)n3)c(=O)[nH]c2cc1OC.[HH].[HH]. The molecule has 0 radical (unpaired) electrons. The van der Waals surface area contributed by atoms with E-state index in [-0.39, 0.29) is 38.4 Å². The maximum atomic E-state index is 13.0. The number of hydrogen-bond acceptors (Lipinski definition) is 8. The van der Waals surface area contributed by atoms with Crippen molar-refractivity contribution in [3.05, 3.63) is 45.5 Å². The minimum atomic E-state index is -0.483. The molecule has 2 N–H and O–H groups in total. The second-order valence-electron chi connectivity index (χ2n) is 10.3. The molecule has 1 aliphatic heterocycles. The highest BCUT2D eigenvalue weighted by atomic mass is 16.6. The zero-order valence-electron chi connectivity index (χ0n) is 23.9. The van der Waals surface area contributed by atoms with Gasteiger partial charge in [0.1, 0.15) is 18.2 Å². The monoisotopic (exact) mass is 528 g/mol. The Kier molecular flexibility index (Phi) is 8.96. The van der Waals surface area contributed by atoms with E-state index in [9.17, 15) is 9.59 Å². The Morgan fingerprint density at radius 1 is 1.21 bits per heavy atom. The molecule has 3 heterocycles. The Hall–Kier alpha value is -3.69. The highest BCUT2D eigenvalue weighted by molar-refractivity contribution is 5.88. The summed E-state index contributed by atoms with van der Waals surface area (Å²) in [6.45, 7) is 16.1. The standard InChI is InChI=1S/C26H34N6O4.C2H6.2H2/c1-8-9-16-10-17-11-18(22(33)30-19(17)12-20(16)35-7)14(2)27-23-28-15(3)29-24(31-23)32-21(26(4,5)6)13-36-25(32)34;1-2;;/h10-12,14,21H,8-9,13H2,1-7H3,(H,30,33)(H,27,28,29,31);1-2H3;2*1H/t14-,21+;;;/m0.../s1. The summed E-state index contributed by atoms with van der Waals surface area (Å²) >= 11 is 0. The van der Waals surface area contributed by atoms with E-state index in [1.807, 2.05) is 53.7 Å². The Bertz CT molecular complexity index is 1360. The number of hydrogen-bond donors (Lipinski definition) is 2. The number of cyclic esters (lactones) is 1. The van der Waals surface area contributed by atoms with Gasteiger partial charge in [-0.1, -0.05) is 48.0 Å². The van der Waals surface area contributed by atoms with Crippen molar-refractivity contribution < 1.29 is 17.1 Å². The molecule has 38 heavy (non-hydrogen) atoms. The van der Waals surface area contributed by atoms with Gasteiger partial charge >= 0.3 is 6.09 Å². The lowest BCUT2D eigenvalue weighted by atomic mass is 9.87. The molecule has 0 unspecified atom stereocenters. The van der Waals surface area contributed by atoms with E-state index in [2.05, 4.69) is 38.2 Å². The van der Waals surface area contributed by atoms with E-state index in [0.29, 0.717) is 16.9 Å². The molecule has 4 rings (SSSR count). The maximum absolute atomic E-state index is 13.0. The van der Waals surface area contributed by atoms with Crippen LogP contribution in [-0.2, 0) is 11.2 Å². The highest BCUT2D eigenvalue weighted by Crippen LogP contribution is 2.32. The number of pyridine rings is 1. The normalized spacial score (nSPS) is 16.1. The van der Waals surface area contributed by atoms with Gasteiger partial charge in [0.2, 0.25) is 11.9 Å². The number of ether oxygens (including phenoxy) is 2. The molecular formula is C28H44N6O4. The van der Waals surface area contributed by atoms with Crippen LogP contribution in [0.25, 0.3) is 10.9 Å². The third-order valence-corrected chi connectivity index (χ3v) is 6.43. The zero-order chi connectivity index (χ0) is 28.2. The smallest absolute Gasteiger partial charge is 0.417 e. The van der Waals surface area contributed by atoms with Gasteiger partial charge in [0.15, 0.2) is 0 Å². The first-order valence-electron chi connectivity index (χ1n) is 13.2. The lowest BCUT2D eigenvalue weighted by Gasteiger charge is -2.30. The highest BCUT2D eigenvalue weighted by Gasteiger charge is 2.43. The van der Waals surface area contributed by atoms with E-state index < -0.39 is 12.1 Å². The van der Waals surface area contributed by atoms with Gasteiger partial charge in [-0.05, 0) is 48.8 Å². The number of benzene rings is 1. The molecule has 0 saturated carbocycles. The molecule has 1 fully saturated rings. The fourth-order valence-corrected chi connectivity index (χ4v) is 4.47. The average molecular weight is 529 g/mol. The molecule has 210 valence electrons. The molecule has 2 atom stereocenters. The first-order chi connectivity index (χ1) is 18.0. The van der Waals surface area contributed by atoms with Crippen LogP contribution in [-0.4, -0.2) is 45.8 Å². The van der Waals surface area contributed by atoms with Crippen LogP contribution in [0.3, 0.4) is 0 Å². The number of H-pyrrole nitrogens is 1. The van der Waals surface area contributed by atoms with Crippen LogP contribution in [0.1, 0.15) is 80.7 Å². The molecule has 1 saturated heterocycles. The third-order valence-electron chi connectivity index (χ3n) is 6.43. The molecule has 0 spiro atoms.